The molecule has 0 amide bonds. The van der Waals surface area contributed by atoms with E-state index in [-0.39, 0.29) is 6.10 Å². The number of methoxy groups -OCH3 is 2. The van der Waals surface area contributed by atoms with Crippen LogP contribution >= 0.6 is 0 Å². The number of ether oxygens (including phenoxy) is 4. The minimum atomic E-state index is 0.213. The number of nitrogens with one attached hydrogen (secondary N) is 1. The van der Waals surface area contributed by atoms with Gasteiger partial charge in [0.1, 0.15) is 18.1 Å². The zero-order valence-corrected chi connectivity index (χ0v) is 12.9. The van der Waals surface area contributed by atoms with E-state index in [1.807, 2.05) is 18.2 Å². The molecule has 1 fully saturated rings. The molecule has 0 radical (unpaired) electrons. The first kappa shape index (κ1) is 16.1. The third-order valence-corrected chi connectivity index (χ3v) is 3.52. The quantitative estimate of drug-likeness (QED) is 0.706. The lowest BCUT2D eigenvalue weighted by Gasteiger charge is -2.16. The Labute approximate surface area is 126 Å². The molecule has 1 saturated heterocycles. The Bertz CT molecular complexity index is 419. The molecule has 0 aromatic heterocycles. The van der Waals surface area contributed by atoms with Crippen LogP contribution in [0.5, 0.6) is 11.5 Å². The van der Waals surface area contributed by atoms with Gasteiger partial charge in [0, 0.05) is 38.4 Å². The van der Waals surface area contributed by atoms with Crippen LogP contribution in [0.4, 0.5) is 0 Å². The fourth-order valence-electron chi connectivity index (χ4n) is 2.30. The van der Waals surface area contributed by atoms with Crippen LogP contribution in [0.15, 0.2) is 18.2 Å². The van der Waals surface area contributed by atoms with E-state index >= 15 is 0 Å². The third-order valence-electron chi connectivity index (χ3n) is 3.52. The van der Waals surface area contributed by atoms with Gasteiger partial charge in [-0.15, -0.1) is 0 Å². The van der Waals surface area contributed by atoms with E-state index in [1.54, 1.807) is 14.2 Å². The molecule has 1 aliphatic heterocycles. The van der Waals surface area contributed by atoms with Gasteiger partial charge in [-0.2, -0.15) is 0 Å². The topological polar surface area (TPSA) is 49.0 Å². The van der Waals surface area contributed by atoms with Gasteiger partial charge in [-0.25, -0.2) is 0 Å². The van der Waals surface area contributed by atoms with Crippen LogP contribution < -0.4 is 14.8 Å². The Hall–Kier alpha value is -1.30. The van der Waals surface area contributed by atoms with E-state index in [9.17, 15) is 0 Å². The van der Waals surface area contributed by atoms with Gasteiger partial charge < -0.3 is 24.3 Å². The Balaban J connectivity index is 1.93. The first-order chi connectivity index (χ1) is 10.3. The van der Waals surface area contributed by atoms with Crippen molar-refractivity contribution in [1.29, 1.82) is 0 Å². The molecule has 1 aromatic rings. The van der Waals surface area contributed by atoms with Gasteiger partial charge in [-0.3, -0.25) is 0 Å². The second kappa shape index (κ2) is 8.87. The summed E-state index contributed by atoms with van der Waals surface area (Å²) in [6.07, 6.45) is 2.41. The highest BCUT2D eigenvalue weighted by Gasteiger charge is 2.17. The largest absolute Gasteiger partial charge is 0.497 e. The molecule has 5 nitrogen and oxygen atoms in total. The molecule has 0 aliphatic carbocycles. The number of hydrogen-bond acceptors (Lipinski definition) is 5. The van der Waals surface area contributed by atoms with E-state index in [0.29, 0.717) is 13.2 Å². The van der Waals surface area contributed by atoms with Gasteiger partial charge in [0.25, 0.3) is 0 Å². The summed E-state index contributed by atoms with van der Waals surface area (Å²) in [6.45, 7) is 3.69. The van der Waals surface area contributed by atoms with E-state index in [4.69, 9.17) is 18.9 Å². The van der Waals surface area contributed by atoms with Crippen LogP contribution in [0.25, 0.3) is 0 Å². The molecule has 0 bridgehead atoms. The Morgan fingerprint density at radius 3 is 2.95 bits per heavy atom. The minimum absolute atomic E-state index is 0.213. The molecule has 1 atom stereocenters. The maximum absolute atomic E-state index is 5.94. The van der Waals surface area contributed by atoms with Crippen LogP contribution in [0.2, 0.25) is 0 Å². The zero-order chi connectivity index (χ0) is 14.9. The standard InChI is InChI=1S/C16H25NO4/c1-18-9-7-17-11-13-5-6-14(19-2)10-16(13)21-12-15-4-3-8-20-15/h5-6,10,15,17H,3-4,7-9,11-12H2,1-2H3. The number of rotatable bonds is 9. The number of hydrogen-bond donors (Lipinski definition) is 1. The summed E-state index contributed by atoms with van der Waals surface area (Å²) in [6, 6.07) is 5.91. The normalized spacial score (nSPS) is 17.9. The van der Waals surface area contributed by atoms with Crippen molar-refractivity contribution in [1.82, 2.24) is 5.32 Å². The Kier molecular flexibility index (Phi) is 6.79. The van der Waals surface area contributed by atoms with Gasteiger partial charge in [-0.1, -0.05) is 6.07 Å². The maximum atomic E-state index is 5.94. The van der Waals surface area contributed by atoms with Crippen LogP contribution in [0.1, 0.15) is 18.4 Å². The van der Waals surface area contributed by atoms with E-state index in [0.717, 1.165) is 49.6 Å². The maximum Gasteiger partial charge on any atom is 0.127 e. The minimum Gasteiger partial charge on any atom is -0.497 e. The van der Waals surface area contributed by atoms with Gasteiger partial charge in [-0.05, 0) is 18.9 Å². The smallest absolute Gasteiger partial charge is 0.127 e. The predicted octanol–water partition coefficient (Wildman–Crippen LogP) is 1.99. The van der Waals surface area contributed by atoms with Gasteiger partial charge in [0.2, 0.25) is 0 Å². The van der Waals surface area contributed by atoms with Gasteiger partial charge >= 0.3 is 0 Å². The highest BCUT2D eigenvalue weighted by molar-refractivity contribution is 5.40. The van der Waals surface area contributed by atoms with Crippen LogP contribution in [0, 0.1) is 0 Å². The molecule has 1 N–H and O–H groups in total. The average Bonchev–Trinajstić information content (AvgIpc) is 3.03. The van der Waals surface area contributed by atoms with Gasteiger partial charge in [0.05, 0.1) is 19.8 Å². The molecular formula is C16H25NO4. The lowest BCUT2D eigenvalue weighted by molar-refractivity contribution is 0.0675. The van der Waals surface area contributed by atoms with Crippen molar-refractivity contribution < 1.29 is 18.9 Å². The van der Waals surface area contributed by atoms with Crippen molar-refractivity contribution in [3.8, 4) is 11.5 Å². The molecule has 0 spiro atoms. The fourth-order valence-corrected chi connectivity index (χ4v) is 2.30. The SMILES string of the molecule is COCCNCc1ccc(OC)cc1OCC1CCCO1. The Morgan fingerprint density at radius 1 is 1.33 bits per heavy atom. The number of benzene rings is 1. The molecule has 21 heavy (non-hydrogen) atoms. The summed E-state index contributed by atoms with van der Waals surface area (Å²) in [5.74, 6) is 1.66. The fraction of sp³-hybridized carbons (Fsp3) is 0.625. The lowest BCUT2D eigenvalue weighted by Crippen LogP contribution is -2.20. The Morgan fingerprint density at radius 2 is 2.24 bits per heavy atom. The van der Waals surface area contributed by atoms with Crippen LogP contribution in [0.3, 0.4) is 0 Å². The van der Waals surface area contributed by atoms with E-state index in [1.165, 1.54) is 0 Å². The highest BCUT2D eigenvalue weighted by Crippen LogP contribution is 2.26. The molecule has 1 aliphatic rings. The lowest BCUT2D eigenvalue weighted by atomic mass is 10.2. The predicted molar refractivity (Wildman–Crippen MR) is 81.0 cm³/mol. The molecule has 1 heterocycles. The second-order valence-electron chi connectivity index (χ2n) is 5.09. The van der Waals surface area contributed by atoms with Crippen molar-refractivity contribution in [3.63, 3.8) is 0 Å². The van der Waals surface area contributed by atoms with E-state index in [2.05, 4.69) is 5.32 Å². The first-order valence-electron chi connectivity index (χ1n) is 7.44. The van der Waals surface area contributed by atoms with Crippen LogP contribution in [-0.2, 0) is 16.0 Å². The molecule has 1 unspecified atom stereocenters. The first-order valence-corrected chi connectivity index (χ1v) is 7.44. The summed E-state index contributed by atoms with van der Waals surface area (Å²) in [4.78, 5) is 0. The van der Waals surface area contributed by atoms with Crippen molar-refractivity contribution in [3.05, 3.63) is 23.8 Å². The van der Waals surface area contributed by atoms with Crippen LogP contribution in [-0.4, -0.2) is 46.7 Å². The molecule has 118 valence electrons. The summed E-state index contributed by atoms with van der Waals surface area (Å²) in [5, 5.41) is 3.33. The third kappa shape index (κ3) is 5.19. The van der Waals surface area contributed by atoms with Gasteiger partial charge in [0.15, 0.2) is 0 Å². The monoisotopic (exact) mass is 295 g/mol. The molecule has 5 heteroatoms. The van der Waals surface area contributed by atoms with E-state index < -0.39 is 0 Å². The summed E-state index contributed by atoms with van der Waals surface area (Å²) < 4.78 is 21.8. The summed E-state index contributed by atoms with van der Waals surface area (Å²) in [7, 11) is 3.36. The van der Waals surface area contributed by atoms with Crippen molar-refractivity contribution in [2.45, 2.75) is 25.5 Å². The van der Waals surface area contributed by atoms with Crippen molar-refractivity contribution in [2.75, 3.05) is 40.6 Å². The average molecular weight is 295 g/mol. The highest BCUT2D eigenvalue weighted by atomic mass is 16.5. The molecular weight excluding hydrogens is 270 g/mol. The molecule has 1 aromatic carbocycles. The zero-order valence-electron chi connectivity index (χ0n) is 12.9. The summed E-state index contributed by atoms with van der Waals surface area (Å²) >= 11 is 0. The van der Waals surface area contributed by atoms with Crippen molar-refractivity contribution in [2.24, 2.45) is 0 Å². The molecule has 2 rings (SSSR count). The second-order valence-corrected chi connectivity index (χ2v) is 5.09. The van der Waals surface area contributed by atoms with Crippen molar-refractivity contribution >= 4 is 0 Å². The summed E-state index contributed by atoms with van der Waals surface area (Å²) in [5.41, 5.74) is 1.12. The molecule has 0 saturated carbocycles.